The molecule has 1 saturated heterocycles. The summed E-state index contributed by atoms with van der Waals surface area (Å²) in [5, 5.41) is 4.76. The molecule has 2 amide bonds. The van der Waals surface area contributed by atoms with Gasteiger partial charge in [0.05, 0.1) is 18.2 Å². The van der Waals surface area contributed by atoms with Crippen molar-refractivity contribution in [2.24, 2.45) is 0 Å². The molecule has 0 radical (unpaired) electrons. The quantitative estimate of drug-likeness (QED) is 0.908. The molecule has 6 heteroatoms. The first-order chi connectivity index (χ1) is 11.6. The molecule has 0 unspecified atom stereocenters. The Hall–Kier alpha value is -2.21. The average molecular weight is 343 g/mol. The van der Waals surface area contributed by atoms with Gasteiger partial charge in [-0.3, -0.25) is 14.6 Å². The summed E-state index contributed by atoms with van der Waals surface area (Å²) in [6.07, 6.45) is 4.21. The number of pyridine rings is 1. The first kappa shape index (κ1) is 16.6. The third-order valence-electron chi connectivity index (χ3n) is 4.21. The number of thiophene rings is 1. The molecule has 1 N–H and O–H groups in total. The summed E-state index contributed by atoms with van der Waals surface area (Å²) in [6, 6.07) is 7.98. The second kappa shape index (κ2) is 7.57. The fraction of sp³-hybridized carbons (Fsp3) is 0.389. The first-order valence-electron chi connectivity index (χ1n) is 8.14. The lowest BCUT2D eigenvalue weighted by Crippen LogP contribution is -2.32. The number of aromatic nitrogens is 1. The fourth-order valence-corrected chi connectivity index (χ4v) is 3.70. The summed E-state index contributed by atoms with van der Waals surface area (Å²) < 4.78 is 0. The van der Waals surface area contributed by atoms with E-state index in [0.717, 1.165) is 35.5 Å². The van der Waals surface area contributed by atoms with Crippen molar-refractivity contribution in [3.05, 3.63) is 52.0 Å². The Bertz CT molecular complexity index is 698. The summed E-state index contributed by atoms with van der Waals surface area (Å²) in [7, 11) is 0. The zero-order valence-corrected chi connectivity index (χ0v) is 14.5. The van der Waals surface area contributed by atoms with Crippen molar-refractivity contribution in [1.82, 2.24) is 15.2 Å². The van der Waals surface area contributed by atoms with Gasteiger partial charge in [0.1, 0.15) is 0 Å². The minimum atomic E-state index is -0.0554. The second-order valence-corrected chi connectivity index (χ2v) is 7.03. The van der Waals surface area contributed by atoms with Crippen LogP contribution in [0.1, 0.15) is 41.9 Å². The molecule has 5 nitrogen and oxygen atoms in total. The van der Waals surface area contributed by atoms with E-state index in [-0.39, 0.29) is 17.9 Å². The highest BCUT2D eigenvalue weighted by atomic mass is 32.1. The maximum atomic E-state index is 12.6. The van der Waals surface area contributed by atoms with Crippen LogP contribution in [0.3, 0.4) is 0 Å². The molecule has 3 heterocycles. The molecule has 1 fully saturated rings. The lowest BCUT2D eigenvalue weighted by atomic mass is 10.1. The van der Waals surface area contributed by atoms with E-state index in [1.54, 1.807) is 17.5 Å². The summed E-state index contributed by atoms with van der Waals surface area (Å²) in [5.41, 5.74) is 1.89. The summed E-state index contributed by atoms with van der Waals surface area (Å²) in [5.74, 6) is 0.115. The zero-order chi connectivity index (χ0) is 16.9. The second-order valence-electron chi connectivity index (χ2n) is 6.00. The minimum absolute atomic E-state index is 0.0554. The molecule has 1 atom stereocenters. The van der Waals surface area contributed by atoms with Crippen molar-refractivity contribution < 1.29 is 9.59 Å². The van der Waals surface area contributed by atoms with Crippen LogP contribution in [0.5, 0.6) is 0 Å². The zero-order valence-electron chi connectivity index (χ0n) is 13.7. The van der Waals surface area contributed by atoms with Crippen molar-refractivity contribution in [2.45, 2.75) is 38.8 Å². The van der Waals surface area contributed by atoms with Gasteiger partial charge in [0, 0.05) is 31.1 Å². The summed E-state index contributed by atoms with van der Waals surface area (Å²) in [4.78, 5) is 31.1. The van der Waals surface area contributed by atoms with Gasteiger partial charge in [-0.05, 0) is 35.9 Å². The Balaban J connectivity index is 1.66. The van der Waals surface area contributed by atoms with E-state index in [9.17, 15) is 9.59 Å². The van der Waals surface area contributed by atoms with Crippen LogP contribution in [-0.2, 0) is 22.6 Å². The third-order valence-corrected chi connectivity index (χ3v) is 5.09. The third kappa shape index (κ3) is 4.00. The maximum Gasteiger partial charge on any atom is 0.228 e. The largest absolute Gasteiger partial charge is 0.352 e. The Morgan fingerprint density at radius 2 is 2.25 bits per heavy atom. The molecule has 2 aromatic heterocycles. The van der Waals surface area contributed by atoms with Gasteiger partial charge in [0.25, 0.3) is 0 Å². The van der Waals surface area contributed by atoms with Gasteiger partial charge in [-0.2, -0.15) is 0 Å². The highest BCUT2D eigenvalue weighted by molar-refractivity contribution is 7.10. The van der Waals surface area contributed by atoms with Crippen molar-refractivity contribution in [1.29, 1.82) is 0 Å². The van der Waals surface area contributed by atoms with Crippen molar-refractivity contribution in [3.63, 3.8) is 0 Å². The van der Waals surface area contributed by atoms with E-state index in [0.29, 0.717) is 13.0 Å². The smallest absolute Gasteiger partial charge is 0.228 e. The number of amides is 2. The molecule has 1 aliphatic heterocycles. The van der Waals surface area contributed by atoms with Gasteiger partial charge >= 0.3 is 0 Å². The number of nitrogens with zero attached hydrogens (tertiary/aromatic N) is 2. The predicted octanol–water partition coefficient (Wildman–Crippen LogP) is 2.69. The molecule has 0 bridgehead atoms. The van der Waals surface area contributed by atoms with E-state index in [4.69, 9.17) is 0 Å². The lowest BCUT2D eigenvalue weighted by Gasteiger charge is -2.24. The fourth-order valence-electron chi connectivity index (χ4n) is 3.00. The van der Waals surface area contributed by atoms with Gasteiger partial charge in [-0.25, -0.2) is 0 Å². The number of carbonyl (C=O) groups is 2. The Morgan fingerprint density at radius 1 is 1.38 bits per heavy atom. The SMILES string of the molecule is CC(=O)NCc1ccc([C@H]2CCCN2C(=O)Cc2cccs2)nc1. The van der Waals surface area contributed by atoms with Gasteiger partial charge in [0.2, 0.25) is 11.8 Å². The van der Waals surface area contributed by atoms with Crippen LogP contribution in [0, 0.1) is 0 Å². The highest BCUT2D eigenvalue weighted by Crippen LogP contribution is 2.31. The number of nitrogens with one attached hydrogen (secondary N) is 1. The Kier molecular flexibility index (Phi) is 5.25. The van der Waals surface area contributed by atoms with Crippen molar-refractivity contribution in [2.75, 3.05) is 6.54 Å². The van der Waals surface area contributed by atoms with Crippen LogP contribution >= 0.6 is 11.3 Å². The average Bonchev–Trinajstić information content (AvgIpc) is 3.24. The van der Waals surface area contributed by atoms with E-state index in [2.05, 4.69) is 10.3 Å². The highest BCUT2D eigenvalue weighted by Gasteiger charge is 2.30. The van der Waals surface area contributed by atoms with Gasteiger partial charge < -0.3 is 10.2 Å². The van der Waals surface area contributed by atoms with E-state index in [1.165, 1.54) is 6.92 Å². The standard InChI is InChI=1S/C18H21N3O2S/c1-13(22)19-11-14-6-7-16(20-12-14)17-5-2-8-21(17)18(23)10-15-4-3-9-24-15/h3-4,6-7,9,12,17H,2,5,8,10-11H2,1H3,(H,19,22)/t17-/m1/s1. The van der Waals surface area contributed by atoms with Crippen LogP contribution in [0.2, 0.25) is 0 Å². The predicted molar refractivity (Wildman–Crippen MR) is 93.5 cm³/mol. The molecule has 0 spiro atoms. The molecule has 0 saturated carbocycles. The van der Waals surface area contributed by atoms with E-state index < -0.39 is 0 Å². The number of carbonyl (C=O) groups excluding carboxylic acids is 2. The molecular formula is C18H21N3O2S. The summed E-state index contributed by atoms with van der Waals surface area (Å²) in [6.45, 7) is 2.77. The molecule has 2 aromatic rings. The lowest BCUT2D eigenvalue weighted by molar-refractivity contribution is -0.131. The van der Waals surface area contributed by atoms with Crippen molar-refractivity contribution in [3.8, 4) is 0 Å². The molecule has 1 aliphatic rings. The molecular weight excluding hydrogens is 322 g/mol. The van der Waals surface area contributed by atoms with Gasteiger partial charge in [0.15, 0.2) is 0 Å². The van der Waals surface area contributed by atoms with Crippen LogP contribution in [-0.4, -0.2) is 28.2 Å². The molecule has 0 aromatic carbocycles. The van der Waals surface area contributed by atoms with Gasteiger partial charge in [-0.15, -0.1) is 11.3 Å². The molecule has 24 heavy (non-hydrogen) atoms. The van der Waals surface area contributed by atoms with Crippen LogP contribution < -0.4 is 5.32 Å². The molecule has 3 rings (SSSR count). The van der Waals surface area contributed by atoms with E-state index >= 15 is 0 Å². The van der Waals surface area contributed by atoms with Crippen LogP contribution in [0.4, 0.5) is 0 Å². The van der Waals surface area contributed by atoms with Gasteiger partial charge in [-0.1, -0.05) is 12.1 Å². The maximum absolute atomic E-state index is 12.6. The van der Waals surface area contributed by atoms with Crippen LogP contribution in [0.25, 0.3) is 0 Å². The Labute approximate surface area is 145 Å². The number of hydrogen-bond acceptors (Lipinski definition) is 4. The minimum Gasteiger partial charge on any atom is -0.352 e. The van der Waals surface area contributed by atoms with Crippen LogP contribution in [0.15, 0.2) is 35.8 Å². The first-order valence-corrected chi connectivity index (χ1v) is 9.02. The van der Waals surface area contributed by atoms with Crippen molar-refractivity contribution >= 4 is 23.2 Å². The number of hydrogen-bond donors (Lipinski definition) is 1. The monoisotopic (exact) mass is 343 g/mol. The molecule has 0 aliphatic carbocycles. The van der Waals surface area contributed by atoms with E-state index in [1.807, 2.05) is 34.5 Å². The normalized spacial score (nSPS) is 17.0. The topological polar surface area (TPSA) is 62.3 Å². The molecule has 126 valence electrons. The Morgan fingerprint density at radius 3 is 2.92 bits per heavy atom. The number of likely N-dealkylation sites (tertiary alicyclic amines) is 1. The number of rotatable bonds is 5. The summed E-state index contributed by atoms with van der Waals surface area (Å²) >= 11 is 1.62.